The second-order valence-corrected chi connectivity index (χ2v) is 11.9. The average Bonchev–Trinajstić information content (AvgIpc) is 2.54. The van der Waals surface area contributed by atoms with E-state index in [0.29, 0.717) is 17.3 Å². The molecule has 23 heavy (non-hydrogen) atoms. The van der Waals surface area contributed by atoms with E-state index in [1.807, 2.05) is 0 Å². The van der Waals surface area contributed by atoms with Crippen LogP contribution in [0.1, 0.15) is 44.9 Å². The van der Waals surface area contributed by atoms with E-state index in [1.54, 1.807) is 25.7 Å². The minimum Gasteiger partial charge on any atom is -0.299 e. The zero-order valence-corrected chi connectivity index (χ0v) is 13.8. The molecule has 14 atom stereocenters. The van der Waals surface area contributed by atoms with Gasteiger partial charge in [-0.3, -0.25) is 4.79 Å². The first kappa shape index (κ1) is 11.3. The van der Waals surface area contributed by atoms with Crippen LogP contribution in [-0.2, 0) is 4.79 Å². The summed E-state index contributed by atoms with van der Waals surface area (Å²) in [5, 5.41) is 0. The summed E-state index contributed by atoms with van der Waals surface area (Å²) in [6.45, 7) is 0. The second-order valence-electron chi connectivity index (χ2n) is 11.9. The first-order valence-electron chi connectivity index (χ1n) is 10.8. The van der Waals surface area contributed by atoms with Crippen molar-refractivity contribution in [2.75, 3.05) is 0 Å². The van der Waals surface area contributed by atoms with Gasteiger partial charge in [-0.05, 0) is 115 Å². The van der Waals surface area contributed by atoms with E-state index in [1.165, 1.54) is 19.3 Å². The third-order valence-electron chi connectivity index (χ3n) is 12.3. The van der Waals surface area contributed by atoms with Crippen LogP contribution in [0.15, 0.2) is 0 Å². The van der Waals surface area contributed by atoms with Crippen LogP contribution in [0.5, 0.6) is 0 Å². The Balaban J connectivity index is 1.42. The standard InChI is InChI=1S/C22H26O/c23-20-9-3-12-14-7-21-4-8-1-10-13-6-22(5-9,17(12)16(10)21)19(15(14)20)18(21)11(13)2-8/h8-19H,1-7H2/t8-,9+,10+,11+,12-,13-,14+,15-,16-,17+,18+,19-,21+,22+/m0/s1. The van der Waals surface area contributed by atoms with Crippen molar-refractivity contribution in [3.05, 3.63) is 0 Å². The molecule has 13 aliphatic carbocycles. The minimum absolute atomic E-state index is 0.521. The molecule has 2 spiro atoms. The highest BCUT2D eigenvalue weighted by atomic mass is 16.1. The van der Waals surface area contributed by atoms with E-state index in [0.717, 1.165) is 70.4 Å². The van der Waals surface area contributed by atoms with E-state index in [2.05, 4.69) is 0 Å². The molecule has 120 valence electrons. The molecule has 1 nitrogen and oxygen atoms in total. The summed E-state index contributed by atoms with van der Waals surface area (Å²) < 4.78 is 0. The van der Waals surface area contributed by atoms with Gasteiger partial charge in [0.1, 0.15) is 5.78 Å². The molecule has 0 amide bonds. The fraction of sp³-hybridized carbons (Fsp3) is 0.955. The maximum Gasteiger partial charge on any atom is 0.139 e. The van der Waals surface area contributed by atoms with Crippen LogP contribution in [0.2, 0.25) is 0 Å². The predicted molar refractivity (Wildman–Crippen MR) is 84.1 cm³/mol. The molecular formula is C22H26O. The van der Waals surface area contributed by atoms with Gasteiger partial charge in [-0.1, -0.05) is 0 Å². The minimum atomic E-state index is 0.521. The number of rotatable bonds is 0. The van der Waals surface area contributed by atoms with Gasteiger partial charge in [0.2, 0.25) is 0 Å². The lowest BCUT2D eigenvalue weighted by molar-refractivity contribution is -0.420. The van der Waals surface area contributed by atoms with Gasteiger partial charge in [0.05, 0.1) is 0 Å². The van der Waals surface area contributed by atoms with E-state index < -0.39 is 0 Å². The fourth-order valence-electron chi connectivity index (χ4n) is 13.2. The van der Waals surface area contributed by atoms with Crippen LogP contribution < -0.4 is 0 Å². The van der Waals surface area contributed by atoms with Crippen LogP contribution in [-0.4, -0.2) is 5.78 Å². The lowest BCUT2D eigenvalue weighted by Gasteiger charge is -2.90. The molecule has 0 aromatic carbocycles. The average molecular weight is 306 g/mol. The van der Waals surface area contributed by atoms with Gasteiger partial charge in [-0.25, -0.2) is 0 Å². The van der Waals surface area contributed by atoms with E-state index in [9.17, 15) is 4.79 Å². The number of carbonyl (C=O) groups excluding carboxylic acids is 1. The van der Waals surface area contributed by atoms with Gasteiger partial charge < -0.3 is 0 Å². The fourth-order valence-corrected chi connectivity index (χ4v) is 13.2. The largest absolute Gasteiger partial charge is 0.299 e. The lowest BCUT2D eigenvalue weighted by atomic mass is 9.13. The normalized spacial score (nSPS) is 82.0. The monoisotopic (exact) mass is 306 g/mol. The molecule has 0 aromatic heterocycles. The summed E-state index contributed by atoms with van der Waals surface area (Å²) in [7, 11) is 0. The smallest absolute Gasteiger partial charge is 0.139 e. The van der Waals surface area contributed by atoms with Gasteiger partial charge in [-0.15, -0.1) is 0 Å². The summed E-state index contributed by atoms with van der Waals surface area (Å²) in [4.78, 5) is 13.2. The van der Waals surface area contributed by atoms with E-state index in [4.69, 9.17) is 0 Å². The van der Waals surface area contributed by atoms with Crippen molar-refractivity contribution in [3.8, 4) is 0 Å². The maximum atomic E-state index is 13.2. The Morgan fingerprint density at radius 1 is 0.652 bits per heavy atom. The third-order valence-corrected chi connectivity index (χ3v) is 12.3. The molecule has 0 aromatic rings. The molecule has 13 rings (SSSR count). The number of hydrogen-bond donors (Lipinski definition) is 0. The Bertz CT molecular complexity index is 725. The van der Waals surface area contributed by atoms with Crippen LogP contribution in [0, 0.1) is 81.8 Å². The van der Waals surface area contributed by atoms with Gasteiger partial charge >= 0.3 is 0 Å². The number of hydrogen-bond acceptors (Lipinski definition) is 1. The highest BCUT2D eigenvalue weighted by molar-refractivity contribution is 5.87. The van der Waals surface area contributed by atoms with Crippen molar-refractivity contribution in [2.24, 2.45) is 81.8 Å². The van der Waals surface area contributed by atoms with Crippen molar-refractivity contribution in [1.82, 2.24) is 0 Å². The summed E-state index contributed by atoms with van der Waals surface area (Å²) >= 11 is 0. The van der Waals surface area contributed by atoms with Gasteiger partial charge in [0.25, 0.3) is 0 Å². The zero-order chi connectivity index (χ0) is 14.5. The molecule has 0 unspecified atom stereocenters. The quantitative estimate of drug-likeness (QED) is 0.666. The Labute approximate surface area is 138 Å². The lowest BCUT2D eigenvalue weighted by Crippen LogP contribution is -2.86. The van der Waals surface area contributed by atoms with Crippen molar-refractivity contribution >= 4 is 5.78 Å². The summed E-state index contributed by atoms with van der Waals surface area (Å²) in [5.74, 6) is 12.3. The summed E-state index contributed by atoms with van der Waals surface area (Å²) in [5.41, 5.74) is 1.47. The first-order valence-corrected chi connectivity index (χ1v) is 10.8. The number of carbonyl (C=O) groups is 1. The number of ketones is 1. The molecule has 1 heteroatoms. The molecule has 0 radical (unpaired) electrons. The molecule has 13 fully saturated rings. The molecule has 13 aliphatic rings. The molecule has 14 bridgehead atoms. The van der Waals surface area contributed by atoms with Gasteiger partial charge in [0.15, 0.2) is 0 Å². The molecule has 0 saturated heterocycles. The molecule has 0 N–H and O–H groups in total. The first-order chi connectivity index (χ1) is 11.2. The third kappa shape index (κ3) is 0.780. The number of Topliss-reactive ketones (excluding diaryl/α,β-unsaturated/α-hetero) is 1. The molecule has 13 saturated carbocycles. The van der Waals surface area contributed by atoms with Crippen LogP contribution in [0.4, 0.5) is 0 Å². The van der Waals surface area contributed by atoms with Gasteiger partial charge in [-0.2, -0.15) is 0 Å². The van der Waals surface area contributed by atoms with Crippen molar-refractivity contribution in [2.45, 2.75) is 44.9 Å². The highest BCUT2D eigenvalue weighted by Crippen LogP contribution is 2.92. The van der Waals surface area contributed by atoms with Crippen molar-refractivity contribution < 1.29 is 4.79 Å². The molecule has 0 heterocycles. The molecular weight excluding hydrogens is 280 g/mol. The Morgan fingerprint density at radius 2 is 1.30 bits per heavy atom. The molecule has 0 aliphatic heterocycles. The van der Waals surface area contributed by atoms with E-state index in [-0.39, 0.29) is 0 Å². The topological polar surface area (TPSA) is 17.1 Å². The summed E-state index contributed by atoms with van der Waals surface area (Å²) in [6.07, 6.45) is 10.6. The second kappa shape index (κ2) is 2.78. The van der Waals surface area contributed by atoms with Crippen molar-refractivity contribution in [1.29, 1.82) is 0 Å². The van der Waals surface area contributed by atoms with Crippen LogP contribution >= 0.6 is 0 Å². The van der Waals surface area contributed by atoms with Crippen molar-refractivity contribution in [3.63, 3.8) is 0 Å². The Kier molecular flexibility index (Phi) is 1.37. The van der Waals surface area contributed by atoms with Crippen LogP contribution in [0.3, 0.4) is 0 Å². The highest BCUT2D eigenvalue weighted by Gasteiger charge is 2.87. The van der Waals surface area contributed by atoms with Crippen LogP contribution in [0.25, 0.3) is 0 Å². The Hall–Kier alpha value is -0.330. The predicted octanol–water partition coefficient (Wildman–Crippen LogP) is 3.78. The SMILES string of the molecule is O=C1[C@@H]2C[C@H]3[C@H]4C[C@]56C[C@@H]7C[C@@H]8[C@H]9C[C@](C2)([C@H]3[C@@H]5[C@@H]9C7)[C@@H]([C@@H]14)[C@@H]86. The summed E-state index contributed by atoms with van der Waals surface area (Å²) in [6, 6.07) is 0. The van der Waals surface area contributed by atoms with E-state index >= 15 is 0 Å². The zero-order valence-electron chi connectivity index (χ0n) is 13.8. The Morgan fingerprint density at radius 3 is 2.13 bits per heavy atom. The van der Waals surface area contributed by atoms with Gasteiger partial charge in [0, 0.05) is 11.8 Å². The maximum absolute atomic E-state index is 13.2.